The Hall–Kier alpha value is -1.06. The van der Waals surface area contributed by atoms with Crippen LogP contribution in [0.25, 0.3) is 0 Å². The molecule has 0 N–H and O–H groups in total. The molecule has 0 saturated carbocycles. The summed E-state index contributed by atoms with van der Waals surface area (Å²) in [6.45, 7) is 4.88. The van der Waals surface area contributed by atoms with Crippen LogP contribution in [0.1, 0.15) is 181 Å². The van der Waals surface area contributed by atoms with E-state index in [0.29, 0.717) is 12.8 Å². The van der Waals surface area contributed by atoms with Crippen molar-refractivity contribution >= 4 is 11.9 Å². The lowest BCUT2D eigenvalue weighted by atomic mass is 10.0. The van der Waals surface area contributed by atoms with Crippen LogP contribution in [0.5, 0.6) is 0 Å². The van der Waals surface area contributed by atoms with Gasteiger partial charge < -0.3 is 9.47 Å². The molecule has 36 heavy (non-hydrogen) atoms. The minimum atomic E-state index is -0.170. The van der Waals surface area contributed by atoms with Gasteiger partial charge >= 0.3 is 11.9 Å². The third-order valence-corrected chi connectivity index (χ3v) is 7.08. The molecule has 0 atom stereocenters. The molecular weight excluding hydrogens is 448 g/mol. The minimum absolute atomic E-state index is 0.167. The largest absolute Gasteiger partial charge is 0.462 e. The standard InChI is InChI=1S/C32H62O4/c1-3-5-7-9-11-13-14-15-16-17-18-20-22-24-26-28-32(34)36-30-29-35-31(33)27-25-23-21-19-12-10-8-6-4-2/h3-30H2,1-2H3. The molecule has 0 rings (SSSR count). The molecular formula is C32H62O4. The maximum absolute atomic E-state index is 11.8. The van der Waals surface area contributed by atoms with Crippen LogP contribution in [0.15, 0.2) is 0 Å². The van der Waals surface area contributed by atoms with Gasteiger partial charge in [0.25, 0.3) is 0 Å². The first kappa shape index (κ1) is 34.9. The van der Waals surface area contributed by atoms with Crippen LogP contribution >= 0.6 is 0 Å². The summed E-state index contributed by atoms with van der Waals surface area (Å²) in [5.41, 5.74) is 0. The van der Waals surface area contributed by atoms with Crippen LogP contribution < -0.4 is 0 Å². The van der Waals surface area contributed by atoms with Gasteiger partial charge in [0.1, 0.15) is 13.2 Å². The second-order valence-electron chi connectivity index (χ2n) is 10.7. The highest BCUT2D eigenvalue weighted by molar-refractivity contribution is 5.70. The zero-order valence-electron chi connectivity index (χ0n) is 24.4. The van der Waals surface area contributed by atoms with E-state index in [1.54, 1.807) is 0 Å². The number of hydrogen-bond donors (Lipinski definition) is 0. The number of carbonyl (C=O) groups is 2. The highest BCUT2D eigenvalue weighted by Crippen LogP contribution is 2.14. The van der Waals surface area contributed by atoms with E-state index < -0.39 is 0 Å². The fourth-order valence-electron chi connectivity index (χ4n) is 4.68. The summed E-state index contributed by atoms with van der Waals surface area (Å²) in [6, 6.07) is 0. The second-order valence-corrected chi connectivity index (χ2v) is 10.7. The van der Waals surface area contributed by atoms with E-state index in [-0.39, 0.29) is 25.2 Å². The summed E-state index contributed by atoms with van der Waals surface area (Å²) < 4.78 is 10.4. The predicted molar refractivity (Wildman–Crippen MR) is 153 cm³/mol. The molecule has 0 aliphatic carbocycles. The molecule has 0 spiro atoms. The summed E-state index contributed by atoms with van der Waals surface area (Å²) in [5, 5.41) is 0. The molecule has 0 aliphatic heterocycles. The smallest absolute Gasteiger partial charge is 0.305 e. The summed E-state index contributed by atoms with van der Waals surface area (Å²) in [5.74, 6) is -0.337. The Balaban J connectivity index is 3.26. The molecule has 0 saturated heterocycles. The molecule has 0 heterocycles. The minimum Gasteiger partial charge on any atom is -0.462 e. The molecule has 0 radical (unpaired) electrons. The Morgan fingerprint density at radius 2 is 0.583 bits per heavy atom. The molecule has 0 unspecified atom stereocenters. The van der Waals surface area contributed by atoms with Crippen molar-refractivity contribution in [2.45, 2.75) is 181 Å². The lowest BCUT2D eigenvalue weighted by Gasteiger charge is -2.07. The first-order chi connectivity index (χ1) is 17.7. The van der Waals surface area contributed by atoms with Gasteiger partial charge in [0.05, 0.1) is 0 Å². The quantitative estimate of drug-likeness (QED) is 0.0741. The molecule has 0 aromatic heterocycles. The van der Waals surface area contributed by atoms with Crippen molar-refractivity contribution in [2.75, 3.05) is 13.2 Å². The lowest BCUT2D eigenvalue weighted by molar-refractivity contribution is -0.152. The Labute approximate surface area is 225 Å². The van der Waals surface area contributed by atoms with Crippen molar-refractivity contribution in [3.8, 4) is 0 Å². The number of rotatable bonds is 29. The number of carbonyl (C=O) groups excluding carboxylic acids is 2. The van der Waals surface area contributed by atoms with Crippen molar-refractivity contribution in [2.24, 2.45) is 0 Å². The summed E-state index contributed by atoms with van der Waals surface area (Å²) in [6.07, 6.45) is 31.8. The average molecular weight is 511 g/mol. The van der Waals surface area contributed by atoms with E-state index >= 15 is 0 Å². The molecule has 4 heteroatoms. The van der Waals surface area contributed by atoms with Crippen molar-refractivity contribution < 1.29 is 19.1 Å². The summed E-state index contributed by atoms with van der Waals surface area (Å²) in [7, 11) is 0. The first-order valence-corrected chi connectivity index (χ1v) is 16.0. The van der Waals surface area contributed by atoms with Gasteiger partial charge in [-0.15, -0.1) is 0 Å². The van der Waals surface area contributed by atoms with E-state index in [2.05, 4.69) is 13.8 Å². The highest BCUT2D eigenvalue weighted by Gasteiger charge is 2.06. The molecule has 214 valence electrons. The fourth-order valence-corrected chi connectivity index (χ4v) is 4.68. The summed E-state index contributed by atoms with van der Waals surface area (Å²) in [4.78, 5) is 23.6. The Morgan fingerprint density at radius 1 is 0.361 bits per heavy atom. The van der Waals surface area contributed by atoms with Crippen LogP contribution in [0, 0.1) is 0 Å². The van der Waals surface area contributed by atoms with E-state index in [1.165, 1.54) is 128 Å². The zero-order chi connectivity index (χ0) is 26.4. The SMILES string of the molecule is CCCCCCCCCCCCCCCCCC(=O)OCCOC(=O)CCCCCCCCCCC. The zero-order valence-corrected chi connectivity index (χ0v) is 24.4. The maximum atomic E-state index is 11.8. The van der Waals surface area contributed by atoms with Gasteiger partial charge in [-0.2, -0.15) is 0 Å². The van der Waals surface area contributed by atoms with Crippen LogP contribution in [-0.2, 0) is 19.1 Å². The lowest BCUT2D eigenvalue weighted by Crippen LogP contribution is -2.13. The summed E-state index contributed by atoms with van der Waals surface area (Å²) >= 11 is 0. The third-order valence-electron chi connectivity index (χ3n) is 7.08. The van der Waals surface area contributed by atoms with Gasteiger partial charge in [0, 0.05) is 12.8 Å². The third kappa shape index (κ3) is 29.2. The van der Waals surface area contributed by atoms with Crippen molar-refractivity contribution in [1.82, 2.24) is 0 Å². The number of ether oxygens (including phenoxy) is 2. The fraction of sp³-hybridized carbons (Fsp3) is 0.938. The monoisotopic (exact) mass is 510 g/mol. The molecule has 0 fully saturated rings. The number of hydrogen-bond acceptors (Lipinski definition) is 4. The predicted octanol–water partition coefficient (Wildman–Crippen LogP) is 10.3. The van der Waals surface area contributed by atoms with Gasteiger partial charge in [0.2, 0.25) is 0 Å². The van der Waals surface area contributed by atoms with Crippen LogP contribution in [0.2, 0.25) is 0 Å². The van der Waals surface area contributed by atoms with Crippen molar-refractivity contribution in [1.29, 1.82) is 0 Å². The number of unbranched alkanes of at least 4 members (excludes halogenated alkanes) is 22. The molecule has 4 nitrogen and oxygen atoms in total. The van der Waals surface area contributed by atoms with Gasteiger partial charge in [-0.3, -0.25) is 9.59 Å². The molecule has 0 aromatic rings. The van der Waals surface area contributed by atoms with Crippen LogP contribution in [0.4, 0.5) is 0 Å². The Morgan fingerprint density at radius 3 is 0.833 bits per heavy atom. The molecule has 0 bridgehead atoms. The number of esters is 2. The topological polar surface area (TPSA) is 52.6 Å². The van der Waals surface area contributed by atoms with E-state index in [9.17, 15) is 9.59 Å². The van der Waals surface area contributed by atoms with E-state index in [1.807, 2.05) is 0 Å². The molecule has 0 amide bonds. The Kier molecular flexibility index (Phi) is 29.3. The van der Waals surface area contributed by atoms with Crippen molar-refractivity contribution in [3.05, 3.63) is 0 Å². The van der Waals surface area contributed by atoms with E-state index in [0.717, 1.165) is 25.7 Å². The average Bonchev–Trinajstić information content (AvgIpc) is 2.88. The van der Waals surface area contributed by atoms with Crippen molar-refractivity contribution in [3.63, 3.8) is 0 Å². The normalized spacial score (nSPS) is 11.1. The first-order valence-electron chi connectivity index (χ1n) is 16.0. The maximum Gasteiger partial charge on any atom is 0.305 e. The van der Waals surface area contributed by atoms with Gasteiger partial charge in [-0.05, 0) is 12.8 Å². The second kappa shape index (κ2) is 30.2. The molecule has 0 aliphatic rings. The molecule has 0 aromatic carbocycles. The van der Waals surface area contributed by atoms with E-state index in [4.69, 9.17) is 9.47 Å². The van der Waals surface area contributed by atoms with Gasteiger partial charge in [-0.1, -0.05) is 155 Å². The highest BCUT2D eigenvalue weighted by atomic mass is 16.6. The van der Waals surface area contributed by atoms with Crippen LogP contribution in [-0.4, -0.2) is 25.2 Å². The van der Waals surface area contributed by atoms with Gasteiger partial charge in [-0.25, -0.2) is 0 Å². The van der Waals surface area contributed by atoms with Crippen LogP contribution in [0.3, 0.4) is 0 Å². The van der Waals surface area contributed by atoms with Gasteiger partial charge in [0.15, 0.2) is 0 Å². The Bertz CT molecular complexity index is 463.